The fraction of sp³-hybridized carbons (Fsp3) is 0.667. The van der Waals surface area contributed by atoms with Crippen LogP contribution in [-0.2, 0) is 21.2 Å². The van der Waals surface area contributed by atoms with E-state index in [0.717, 1.165) is 18.4 Å². The highest BCUT2D eigenvalue weighted by molar-refractivity contribution is 7.89. The highest BCUT2D eigenvalue weighted by Gasteiger charge is 2.47. The van der Waals surface area contributed by atoms with Crippen LogP contribution in [0.1, 0.15) is 31.7 Å². The highest BCUT2D eigenvalue weighted by Crippen LogP contribution is 2.37. The molecule has 134 valence electrons. The summed E-state index contributed by atoms with van der Waals surface area (Å²) in [5, 5.41) is 10.7. The van der Waals surface area contributed by atoms with Crippen molar-refractivity contribution in [3.8, 4) is 0 Å². The van der Waals surface area contributed by atoms with Crippen LogP contribution in [0.3, 0.4) is 0 Å². The molecular formula is C18H27NO4S. The second-order valence-corrected chi connectivity index (χ2v) is 9.20. The van der Waals surface area contributed by atoms with Crippen molar-refractivity contribution in [1.29, 1.82) is 0 Å². The number of ether oxygens (including phenoxy) is 1. The lowest BCUT2D eigenvalue weighted by molar-refractivity contribution is -0.116. The van der Waals surface area contributed by atoms with Gasteiger partial charge in [0.2, 0.25) is 10.0 Å². The molecule has 3 rings (SSSR count). The van der Waals surface area contributed by atoms with Crippen molar-refractivity contribution >= 4 is 10.0 Å². The minimum Gasteiger partial charge on any atom is -0.390 e. The van der Waals surface area contributed by atoms with Crippen LogP contribution in [0.25, 0.3) is 0 Å². The van der Waals surface area contributed by atoms with E-state index < -0.39 is 15.6 Å². The van der Waals surface area contributed by atoms with E-state index in [4.69, 9.17) is 4.74 Å². The Morgan fingerprint density at radius 1 is 1.33 bits per heavy atom. The Morgan fingerprint density at radius 2 is 2.08 bits per heavy atom. The quantitative estimate of drug-likeness (QED) is 0.877. The predicted molar refractivity (Wildman–Crippen MR) is 93.2 cm³/mol. The van der Waals surface area contributed by atoms with Gasteiger partial charge in [0.15, 0.2) is 0 Å². The Kier molecular flexibility index (Phi) is 5.30. The number of aryl methyl sites for hydroxylation is 1. The first-order chi connectivity index (χ1) is 11.4. The van der Waals surface area contributed by atoms with Crippen LogP contribution < -0.4 is 0 Å². The standard InChI is InChI=1S/C18H27NO4S/c1-18(20)10-12-23-14-16(18)17-8-5-11-19(17)24(21,22)13-9-15-6-3-2-4-7-15/h2-4,6-7,16-17,20H,5,8-14H2,1H3/t16-,17+,18-/m0/s1. The number of hydrogen-bond donors (Lipinski definition) is 1. The fourth-order valence-electron chi connectivity index (χ4n) is 3.90. The third kappa shape index (κ3) is 3.82. The molecule has 6 heteroatoms. The molecule has 2 saturated heterocycles. The van der Waals surface area contributed by atoms with E-state index in [1.165, 1.54) is 0 Å². The summed E-state index contributed by atoms with van der Waals surface area (Å²) in [6, 6.07) is 9.54. The van der Waals surface area contributed by atoms with Crippen LogP contribution >= 0.6 is 0 Å². The second-order valence-electron chi connectivity index (χ2n) is 7.16. The molecule has 2 aliphatic rings. The van der Waals surface area contributed by atoms with Gasteiger partial charge < -0.3 is 9.84 Å². The molecule has 2 fully saturated rings. The summed E-state index contributed by atoms with van der Waals surface area (Å²) in [4.78, 5) is 0. The van der Waals surface area contributed by atoms with Gasteiger partial charge in [-0.1, -0.05) is 30.3 Å². The number of nitrogens with zero attached hydrogens (tertiary/aromatic N) is 1. The lowest BCUT2D eigenvalue weighted by Gasteiger charge is -2.42. The zero-order valence-electron chi connectivity index (χ0n) is 14.2. The number of aliphatic hydroxyl groups is 1. The molecule has 3 atom stereocenters. The van der Waals surface area contributed by atoms with Crippen molar-refractivity contribution in [3.05, 3.63) is 35.9 Å². The molecule has 0 bridgehead atoms. The van der Waals surface area contributed by atoms with Gasteiger partial charge in [-0.2, -0.15) is 4.31 Å². The van der Waals surface area contributed by atoms with Gasteiger partial charge in [0.25, 0.3) is 0 Å². The number of benzene rings is 1. The smallest absolute Gasteiger partial charge is 0.214 e. The van der Waals surface area contributed by atoms with E-state index in [1.807, 2.05) is 37.3 Å². The molecule has 0 aliphatic carbocycles. The second kappa shape index (κ2) is 7.12. The van der Waals surface area contributed by atoms with Gasteiger partial charge in [-0.3, -0.25) is 0 Å². The number of rotatable bonds is 5. The Bertz CT molecular complexity index is 644. The van der Waals surface area contributed by atoms with Gasteiger partial charge in [0.05, 0.1) is 18.0 Å². The minimum atomic E-state index is -3.34. The Hall–Kier alpha value is -0.950. The molecule has 2 heterocycles. The maximum Gasteiger partial charge on any atom is 0.214 e. The van der Waals surface area contributed by atoms with Crippen molar-refractivity contribution < 1.29 is 18.3 Å². The van der Waals surface area contributed by atoms with Crippen LogP contribution in [0.5, 0.6) is 0 Å². The maximum absolute atomic E-state index is 12.9. The van der Waals surface area contributed by atoms with E-state index in [9.17, 15) is 13.5 Å². The van der Waals surface area contributed by atoms with Gasteiger partial charge in [-0.25, -0.2) is 8.42 Å². The summed E-state index contributed by atoms with van der Waals surface area (Å²) in [6.45, 7) is 3.33. The van der Waals surface area contributed by atoms with Crippen molar-refractivity contribution in [2.45, 2.75) is 44.2 Å². The van der Waals surface area contributed by atoms with Crippen LogP contribution in [0.4, 0.5) is 0 Å². The molecule has 1 N–H and O–H groups in total. The summed E-state index contributed by atoms with van der Waals surface area (Å²) in [7, 11) is -3.34. The number of sulfonamides is 1. The molecule has 0 unspecified atom stereocenters. The SMILES string of the molecule is C[C@]1(O)CCOC[C@H]1[C@H]1CCCN1S(=O)(=O)CCc1ccccc1. The summed E-state index contributed by atoms with van der Waals surface area (Å²) in [6.07, 6.45) is 2.73. The van der Waals surface area contributed by atoms with E-state index >= 15 is 0 Å². The Labute approximate surface area is 144 Å². The first kappa shape index (κ1) is 17.9. The zero-order chi connectivity index (χ0) is 17.2. The van der Waals surface area contributed by atoms with Crippen molar-refractivity contribution in [3.63, 3.8) is 0 Å². The first-order valence-corrected chi connectivity index (χ1v) is 10.3. The lowest BCUT2D eigenvalue weighted by Crippen LogP contribution is -2.53. The van der Waals surface area contributed by atoms with Crippen LogP contribution in [0, 0.1) is 5.92 Å². The topological polar surface area (TPSA) is 66.8 Å². The van der Waals surface area contributed by atoms with E-state index in [1.54, 1.807) is 4.31 Å². The molecule has 0 amide bonds. The fourth-order valence-corrected chi connectivity index (χ4v) is 5.70. The van der Waals surface area contributed by atoms with E-state index in [0.29, 0.717) is 32.6 Å². The van der Waals surface area contributed by atoms with Crippen LogP contribution in [0.2, 0.25) is 0 Å². The average molecular weight is 353 g/mol. The molecule has 0 radical (unpaired) electrons. The van der Waals surface area contributed by atoms with Crippen molar-refractivity contribution in [2.75, 3.05) is 25.5 Å². The largest absolute Gasteiger partial charge is 0.390 e. The molecule has 24 heavy (non-hydrogen) atoms. The molecule has 5 nitrogen and oxygen atoms in total. The van der Waals surface area contributed by atoms with Gasteiger partial charge in [-0.05, 0) is 38.2 Å². The Balaban J connectivity index is 1.71. The summed E-state index contributed by atoms with van der Waals surface area (Å²) >= 11 is 0. The molecular weight excluding hydrogens is 326 g/mol. The molecule has 1 aromatic rings. The normalized spacial score (nSPS) is 32.1. The minimum absolute atomic E-state index is 0.114. The monoisotopic (exact) mass is 353 g/mol. The van der Waals surface area contributed by atoms with Gasteiger partial charge in [-0.15, -0.1) is 0 Å². The highest BCUT2D eigenvalue weighted by atomic mass is 32.2. The third-order valence-corrected chi connectivity index (χ3v) is 7.30. The summed E-state index contributed by atoms with van der Waals surface area (Å²) in [5.74, 6) is -0.0382. The maximum atomic E-state index is 12.9. The van der Waals surface area contributed by atoms with Crippen molar-refractivity contribution in [2.24, 2.45) is 5.92 Å². The Morgan fingerprint density at radius 3 is 2.79 bits per heavy atom. The first-order valence-electron chi connectivity index (χ1n) is 8.74. The molecule has 0 aromatic heterocycles. The van der Waals surface area contributed by atoms with E-state index in [2.05, 4.69) is 0 Å². The molecule has 2 aliphatic heterocycles. The number of hydrogen-bond acceptors (Lipinski definition) is 4. The molecule has 1 aromatic carbocycles. The molecule has 0 saturated carbocycles. The van der Waals surface area contributed by atoms with E-state index in [-0.39, 0.29) is 17.7 Å². The third-order valence-electron chi connectivity index (χ3n) is 5.41. The van der Waals surface area contributed by atoms with Gasteiger partial charge in [0.1, 0.15) is 0 Å². The lowest BCUT2D eigenvalue weighted by atomic mass is 9.80. The van der Waals surface area contributed by atoms with Gasteiger partial charge >= 0.3 is 0 Å². The van der Waals surface area contributed by atoms with Gasteiger partial charge in [0, 0.05) is 25.1 Å². The predicted octanol–water partition coefficient (Wildman–Crippen LogP) is 1.81. The molecule has 0 spiro atoms. The van der Waals surface area contributed by atoms with Crippen molar-refractivity contribution in [1.82, 2.24) is 4.31 Å². The summed E-state index contributed by atoms with van der Waals surface area (Å²) < 4.78 is 32.9. The van der Waals surface area contributed by atoms with Crippen LogP contribution in [-0.4, -0.2) is 55.0 Å². The van der Waals surface area contributed by atoms with Crippen LogP contribution in [0.15, 0.2) is 30.3 Å². The summed E-state index contributed by atoms with van der Waals surface area (Å²) in [5.41, 5.74) is 0.172. The zero-order valence-corrected chi connectivity index (χ0v) is 15.0. The average Bonchev–Trinajstić information content (AvgIpc) is 3.04.